The maximum Gasteiger partial charge on any atom is 0.490 e. The molecule has 3 heterocycles. The second-order valence-corrected chi connectivity index (χ2v) is 8.77. The van der Waals surface area contributed by atoms with Crippen molar-refractivity contribution in [3.05, 3.63) is 23.4 Å². The zero-order valence-electron chi connectivity index (χ0n) is 19.7. The molecule has 4 rings (SSSR count). The van der Waals surface area contributed by atoms with Gasteiger partial charge in [0.1, 0.15) is 5.82 Å². The Bertz CT molecular complexity index is 883. The number of carbonyl (C=O) groups is 2. The van der Waals surface area contributed by atoms with Crippen molar-refractivity contribution in [2.75, 3.05) is 24.6 Å². The molecule has 1 aromatic heterocycles. The second kappa shape index (κ2) is 12.1. The molecule has 2 fully saturated rings. The summed E-state index contributed by atoms with van der Waals surface area (Å²) in [5, 5.41) is 17.8. The van der Waals surface area contributed by atoms with Crippen LogP contribution in [-0.2, 0) is 20.7 Å². The normalized spacial score (nSPS) is 21.7. The predicted molar refractivity (Wildman–Crippen MR) is 116 cm³/mol. The Morgan fingerprint density at radius 1 is 1.11 bits per heavy atom. The van der Waals surface area contributed by atoms with Crippen molar-refractivity contribution >= 4 is 17.8 Å². The lowest BCUT2D eigenvalue weighted by molar-refractivity contribution is -0.193. The number of halogens is 6. The first-order chi connectivity index (χ1) is 16.6. The van der Waals surface area contributed by atoms with Gasteiger partial charge in [0.25, 0.3) is 0 Å². The van der Waals surface area contributed by atoms with Crippen LogP contribution in [0.4, 0.5) is 32.2 Å². The van der Waals surface area contributed by atoms with Gasteiger partial charge in [-0.2, -0.15) is 26.3 Å². The Morgan fingerprint density at radius 3 is 2.14 bits per heavy atom. The van der Waals surface area contributed by atoms with Crippen LogP contribution in [0.15, 0.2) is 12.1 Å². The van der Waals surface area contributed by atoms with E-state index in [1.807, 2.05) is 0 Å². The number of fused-ring (bicyclic) bond motifs is 3. The summed E-state index contributed by atoms with van der Waals surface area (Å²) >= 11 is 0. The molecule has 0 spiro atoms. The zero-order valence-corrected chi connectivity index (χ0v) is 19.7. The Labute approximate surface area is 203 Å². The quantitative estimate of drug-likeness (QED) is 0.492. The SMILES string of the molecule is CCC(OCC1CC1)c1ccc2c(n1)N1[C@@H](CNC[C@H]1C)C2.O=C(O)C(F)(F)F.O=C(O)C(F)(F)F. The fraction of sp³-hybridized carbons (Fsp3) is 0.682. The van der Waals surface area contributed by atoms with Gasteiger partial charge in [0.05, 0.1) is 18.4 Å². The second-order valence-electron chi connectivity index (χ2n) is 8.77. The van der Waals surface area contributed by atoms with E-state index in [4.69, 9.17) is 29.5 Å². The highest BCUT2D eigenvalue weighted by molar-refractivity contribution is 5.73. The van der Waals surface area contributed by atoms with E-state index in [0.717, 1.165) is 44.1 Å². The summed E-state index contributed by atoms with van der Waals surface area (Å²) in [6, 6.07) is 5.58. The van der Waals surface area contributed by atoms with E-state index in [0.29, 0.717) is 12.1 Å². The van der Waals surface area contributed by atoms with E-state index in [9.17, 15) is 26.3 Å². The van der Waals surface area contributed by atoms with Gasteiger partial charge in [-0.1, -0.05) is 13.0 Å². The van der Waals surface area contributed by atoms with Gasteiger partial charge < -0.3 is 25.2 Å². The number of ether oxygens (including phenoxy) is 1. The minimum atomic E-state index is -5.08. The molecule has 36 heavy (non-hydrogen) atoms. The number of aromatic nitrogens is 1. The lowest BCUT2D eigenvalue weighted by Crippen LogP contribution is -2.55. The number of nitrogens with one attached hydrogen (secondary N) is 1. The molecular weight excluding hydrogens is 500 g/mol. The van der Waals surface area contributed by atoms with E-state index in [1.165, 1.54) is 24.2 Å². The number of aliphatic carboxylic acids is 2. The molecule has 3 atom stereocenters. The lowest BCUT2D eigenvalue weighted by Gasteiger charge is -2.37. The largest absolute Gasteiger partial charge is 0.490 e. The van der Waals surface area contributed by atoms with Crippen molar-refractivity contribution in [3.8, 4) is 0 Å². The maximum absolute atomic E-state index is 10.6. The van der Waals surface area contributed by atoms with Crippen LogP contribution < -0.4 is 10.2 Å². The summed E-state index contributed by atoms with van der Waals surface area (Å²) in [6.07, 6.45) is -5.20. The van der Waals surface area contributed by atoms with Gasteiger partial charge in [-0.05, 0) is 50.2 Å². The molecule has 1 aliphatic carbocycles. The van der Waals surface area contributed by atoms with Crippen molar-refractivity contribution < 1.29 is 50.9 Å². The summed E-state index contributed by atoms with van der Waals surface area (Å²) in [6.45, 7) is 7.53. The summed E-state index contributed by atoms with van der Waals surface area (Å²) < 4.78 is 69.6. The van der Waals surface area contributed by atoms with Crippen LogP contribution in [0.5, 0.6) is 0 Å². The molecule has 1 saturated carbocycles. The van der Waals surface area contributed by atoms with Crippen molar-refractivity contribution in [3.63, 3.8) is 0 Å². The third-order valence-corrected chi connectivity index (χ3v) is 5.78. The summed E-state index contributed by atoms with van der Waals surface area (Å²) in [4.78, 5) is 25.4. The number of nitrogens with zero attached hydrogens (tertiary/aromatic N) is 2. The Balaban J connectivity index is 0.000000271. The molecule has 1 aromatic rings. The smallest absolute Gasteiger partial charge is 0.475 e. The summed E-state index contributed by atoms with van der Waals surface area (Å²) in [5.41, 5.74) is 2.52. The topological polar surface area (TPSA) is 112 Å². The number of carboxylic acid groups (broad SMARTS) is 2. The molecule has 8 nitrogen and oxygen atoms in total. The van der Waals surface area contributed by atoms with E-state index in [-0.39, 0.29) is 6.10 Å². The van der Waals surface area contributed by atoms with Crippen molar-refractivity contribution in [1.82, 2.24) is 10.3 Å². The van der Waals surface area contributed by atoms with E-state index in [2.05, 4.69) is 36.2 Å². The van der Waals surface area contributed by atoms with Crippen LogP contribution in [-0.4, -0.2) is 71.3 Å². The molecule has 14 heteroatoms. The maximum atomic E-state index is 10.6. The molecule has 0 aromatic carbocycles. The van der Waals surface area contributed by atoms with Crippen LogP contribution in [0.25, 0.3) is 0 Å². The van der Waals surface area contributed by atoms with E-state index >= 15 is 0 Å². The molecule has 0 amide bonds. The highest BCUT2D eigenvalue weighted by Gasteiger charge is 2.39. The van der Waals surface area contributed by atoms with Gasteiger partial charge in [0.15, 0.2) is 0 Å². The average molecular weight is 529 g/mol. The standard InChI is InChI=1S/C18H27N3O.2C2HF3O2/c1-3-17(22-11-13-4-5-13)16-7-6-14-8-15-10-19-9-12(2)21(15)18(14)20-16;2*3-2(4,5)1(6)7/h6-7,12-13,15,17,19H,3-5,8-11H2,1-2H3;2*(H,6,7)/t12-,15-,17?;;/m1../s1. The van der Waals surface area contributed by atoms with Gasteiger partial charge in [-0.25, -0.2) is 14.6 Å². The first-order valence-corrected chi connectivity index (χ1v) is 11.4. The fourth-order valence-corrected chi connectivity index (χ4v) is 3.82. The number of alkyl halides is 6. The number of pyridine rings is 1. The molecule has 3 N–H and O–H groups in total. The van der Waals surface area contributed by atoms with Crippen LogP contribution >= 0.6 is 0 Å². The Kier molecular flexibility index (Phi) is 9.94. The highest BCUT2D eigenvalue weighted by Crippen LogP contribution is 2.36. The molecule has 1 saturated heterocycles. The third kappa shape index (κ3) is 8.50. The predicted octanol–water partition coefficient (Wildman–Crippen LogP) is 3.95. The van der Waals surface area contributed by atoms with E-state index in [1.54, 1.807) is 0 Å². The van der Waals surface area contributed by atoms with Gasteiger partial charge in [-0.3, -0.25) is 0 Å². The first-order valence-electron chi connectivity index (χ1n) is 11.4. The number of hydrogen-bond donors (Lipinski definition) is 3. The van der Waals surface area contributed by atoms with Crippen LogP contribution in [0.2, 0.25) is 0 Å². The highest BCUT2D eigenvalue weighted by atomic mass is 19.4. The van der Waals surface area contributed by atoms with Gasteiger partial charge in [0, 0.05) is 25.2 Å². The number of piperazine rings is 1. The third-order valence-electron chi connectivity index (χ3n) is 5.78. The van der Waals surface area contributed by atoms with Crippen molar-refractivity contribution in [2.24, 2.45) is 5.92 Å². The summed E-state index contributed by atoms with van der Waals surface area (Å²) in [7, 11) is 0. The monoisotopic (exact) mass is 529 g/mol. The van der Waals surface area contributed by atoms with Crippen LogP contribution in [0, 0.1) is 5.92 Å². The van der Waals surface area contributed by atoms with Crippen molar-refractivity contribution in [1.29, 1.82) is 0 Å². The van der Waals surface area contributed by atoms with E-state index < -0.39 is 24.3 Å². The molecule has 2 aliphatic heterocycles. The Morgan fingerprint density at radius 2 is 1.67 bits per heavy atom. The minimum Gasteiger partial charge on any atom is -0.475 e. The molecule has 0 bridgehead atoms. The van der Waals surface area contributed by atoms with Gasteiger partial charge in [-0.15, -0.1) is 0 Å². The van der Waals surface area contributed by atoms with Crippen LogP contribution in [0.3, 0.4) is 0 Å². The Hall–Kier alpha value is -2.61. The van der Waals surface area contributed by atoms with Crippen LogP contribution in [0.1, 0.15) is 50.5 Å². The number of rotatable bonds is 5. The molecule has 1 unspecified atom stereocenters. The lowest BCUT2D eigenvalue weighted by atomic mass is 10.1. The minimum absolute atomic E-state index is 0.156. The molecule has 204 valence electrons. The molecule has 0 radical (unpaired) electrons. The summed E-state index contributed by atoms with van der Waals surface area (Å²) in [5.74, 6) is -3.49. The van der Waals surface area contributed by atoms with Gasteiger partial charge >= 0.3 is 24.3 Å². The average Bonchev–Trinajstić information content (AvgIpc) is 3.52. The zero-order chi connectivity index (χ0) is 27.3. The number of hydrogen-bond acceptors (Lipinski definition) is 6. The number of anilines is 1. The first kappa shape index (κ1) is 29.6. The molecular formula is C22H29F6N3O5. The molecule has 3 aliphatic rings. The van der Waals surface area contributed by atoms with Gasteiger partial charge in [0.2, 0.25) is 0 Å². The number of carboxylic acids is 2. The van der Waals surface area contributed by atoms with Crippen molar-refractivity contribution in [2.45, 2.75) is 70.1 Å². The fourth-order valence-electron chi connectivity index (χ4n) is 3.82.